The molecule has 1 aliphatic carbocycles. The Morgan fingerprint density at radius 3 is 2.71 bits per heavy atom. The molecule has 0 spiro atoms. The second kappa shape index (κ2) is 3.17. The van der Waals surface area contributed by atoms with Crippen LogP contribution in [0.15, 0.2) is 65.3 Å². The third-order valence-corrected chi connectivity index (χ3v) is 3.47. The number of hydrogen-bond donors (Lipinski definition) is 0. The van der Waals surface area contributed by atoms with Crippen LogP contribution in [0.3, 0.4) is 0 Å². The number of rotatable bonds is 0. The maximum absolute atomic E-state index is 4.70. The quantitative estimate of drug-likeness (QED) is 0.639. The highest BCUT2D eigenvalue weighted by molar-refractivity contribution is 5.83. The van der Waals surface area contributed by atoms with Crippen molar-refractivity contribution >= 4 is 5.57 Å². The van der Waals surface area contributed by atoms with Crippen LogP contribution >= 0.6 is 0 Å². The van der Waals surface area contributed by atoms with E-state index < -0.39 is 0 Å². The molecule has 0 fully saturated rings. The minimum absolute atomic E-state index is 0.993. The fourth-order valence-corrected chi connectivity index (χ4v) is 2.69. The summed E-state index contributed by atoms with van der Waals surface area (Å²) < 4.78 is 0. The highest BCUT2D eigenvalue weighted by Gasteiger charge is 2.20. The predicted octanol–water partition coefficient (Wildman–Crippen LogP) is 1.96. The van der Waals surface area contributed by atoms with Crippen molar-refractivity contribution in [3.05, 3.63) is 82.0 Å². The number of benzene rings is 2. The Morgan fingerprint density at radius 2 is 1.71 bits per heavy atom. The first-order valence-electron chi connectivity index (χ1n) is 5.90. The van der Waals surface area contributed by atoms with E-state index in [0.29, 0.717) is 0 Å². The maximum atomic E-state index is 4.70. The Kier molecular flexibility index (Phi) is 1.67. The van der Waals surface area contributed by atoms with Crippen molar-refractivity contribution in [2.45, 2.75) is 6.42 Å². The molecule has 0 saturated heterocycles. The highest BCUT2D eigenvalue weighted by atomic mass is 14.8. The van der Waals surface area contributed by atoms with Crippen LogP contribution in [0, 0.1) is 0 Å². The van der Waals surface area contributed by atoms with Gasteiger partial charge in [0.05, 0.1) is 11.1 Å². The van der Waals surface area contributed by atoms with Gasteiger partial charge in [0, 0.05) is 10.8 Å². The normalized spacial score (nSPS) is 15.5. The monoisotopic (exact) mass is 217 g/mol. The standard InChI is InChI=1S/C16H11N/c1-2-6-12-11(5-1)9-10-15-16(12)13-7-3-4-8-14(13)17-15/h1-8,10H,9H2. The van der Waals surface area contributed by atoms with Gasteiger partial charge < -0.3 is 0 Å². The molecule has 1 nitrogen and oxygen atoms in total. The summed E-state index contributed by atoms with van der Waals surface area (Å²) in [6, 6.07) is 17.0. The minimum atomic E-state index is 0.993. The first kappa shape index (κ1) is 8.94. The van der Waals surface area contributed by atoms with E-state index in [1.807, 2.05) is 6.07 Å². The van der Waals surface area contributed by atoms with Gasteiger partial charge in [0.25, 0.3) is 0 Å². The zero-order valence-corrected chi connectivity index (χ0v) is 9.35. The number of fused-ring (bicyclic) bond motifs is 4. The molecule has 0 saturated carbocycles. The van der Waals surface area contributed by atoms with Gasteiger partial charge in [-0.15, -0.1) is 0 Å². The molecule has 4 rings (SSSR count). The Labute approximate surface area is 99.5 Å². The van der Waals surface area contributed by atoms with Crippen molar-refractivity contribution in [1.29, 1.82) is 0 Å². The summed E-state index contributed by atoms with van der Waals surface area (Å²) in [5, 5.41) is 2.37. The second-order valence-electron chi connectivity index (χ2n) is 4.45. The van der Waals surface area contributed by atoms with Crippen LogP contribution in [0.25, 0.3) is 5.57 Å². The first-order valence-corrected chi connectivity index (χ1v) is 5.90. The molecule has 1 heteroatoms. The van der Waals surface area contributed by atoms with E-state index in [9.17, 15) is 0 Å². The van der Waals surface area contributed by atoms with Gasteiger partial charge in [0.1, 0.15) is 0 Å². The van der Waals surface area contributed by atoms with Crippen molar-refractivity contribution in [2.75, 3.05) is 0 Å². The Hall–Kier alpha value is -2.15. The van der Waals surface area contributed by atoms with E-state index in [-0.39, 0.29) is 0 Å². The summed E-state index contributed by atoms with van der Waals surface area (Å²) in [7, 11) is 0. The number of para-hydroxylation sites is 1. The van der Waals surface area contributed by atoms with Crippen molar-refractivity contribution in [3.63, 3.8) is 0 Å². The van der Waals surface area contributed by atoms with Gasteiger partial charge in [-0.05, 0) is 23.6 Å². The zero-order chi connectivity index (χ0) is 11.2. The molecule has 0 bridgehead atoms. The van der Waals surface area contributed by atoms with E-state index in [1.54, 1.807) is 0 Å². The lowest BCUT2D eigenvalue weighted by Gasteiger charge is -2.15. The molecular formula is C16H11N. The topological polar surface area (TPSA) is 12.4 Å². The summed E-state index contributed by atoms with van der Waals surface area (Å²) in [4.78, 5) is 4.70. The van der Waals surface area contributed by atoms with Crippen molar-refractivity contribution in [3.8, 4) is 0 Å². The molecular weight excluding hydrogens is 206 g/mol. The largest absolute Gasteiger partial charge is 0.248 e. The third-order valence-electron chi connectivity index (χ3n) is 3.47. The highest BCUT2D eigenvalue weighted by Crippen LogP contribution is 2.30. The van der Waals surface area contributed by atoms with E-state index >= 15 is 0 Å². The van der Waals surface area contributed by atoms with Gasteiger partial charge in [-0.3, -0.25) is 0 Å². The summed E-state index contributed by atoms with van der Waals surface area (Å²) in [5.41, 5.74) is 5.20. The van der Waals surface area contributed by atoms with Crippen molar-refractivity contribution in [1.82, 2.24) is 0 Å². The molecule has 0 radical (unpaired) electrons. The number of allylic oxidation sites excluding steroid dienone is 2. The summed E-state index contributed by atoms with van der Waals surface area (Å²) in [6.07, 6.45) is 3.23. The third kappa shape index (κ3) is 1.17. The fraction of sp³-hybridized carbons (Fsp3) is 0.0625. The van der Waals surface area contributed by atoms with Crippen LogP contribution in [-0.2, 0) is 6.42 Å². The van der Waals surface area contributed by atoms with Gasteiger partial charge >= 0.3 is 0 Å². The summed E-state index contributed by atoms with van der Waals surface area (Å²) in [6.45, 7) is 0. The van der Waals surface area contributed by atoms with Crippen LogP contribution in [0.2, 0.25) is 0 Å². The average molecular weight is 217 g/mol. The Balaban J connectivity index is 2.19. The van der Waals surface area contributed by atoms with Gasteiger partial charge in [-0.2, -0.15) is 0 Å². The lowest BCUT2D eigenvalue weighted by molar-refractivity contribution is 1.17. The molecule has 0 amide bonds. The van der Waals surface area contributed by atoms with E-state index in [2.05, 4.69) is 48.5 Å². The van der Waals surface area contributed by atoms with Crippen molar-refractivity contribution < 1.29 is 0 Å². The molecule has 2 aromatic carbocycles. The molecule has 80 valence electrons. The van der Waals surface area contributed by atoms with Crippen LogP contribution < -0.4 is 10.6 Å². The number of hydrogen-bond acceptors (Lipinski definition) is 1. The van der Waals surface area contributed by atoms with Gasteiger partial charge in [-0.1, -0.05) is 48.5 Å². The van der Waals surface area contributed by atoms with Crippen molar-refractivity contribution in [2.24, 2.45) is 4.99 Å². The van der Waals surface area contributed by atoms with Crippen LogP contribution in [0.4, 0.5) is 0 Å². The number of nitrogens with zero attached hydrogens (tertiary/aromatic N) is 1. The molecule has 17 heavy (non-hydrogen) atoms. The second-order valence-corrected chi connectivity index (χ2v) is 4.45. The molecule has 1 aliphatic heterocycles. The van der Waals surface area contributed by atoms with Gasteiger partial charge in [0.15, 0.2) is 0 Å². The van der Waals surface area contributed by atoms with Crippen LogP contribution in [-0.4, -0.2) is 0 Å². The van der Waals surface area contributed by atoms with E-state index in [1.165, 1.54) is 21.9 Å². The fourth-order valence-electron chi connectivity index (χ4n) is 2.69. The first-order chi connectivity index (χ1) is 8.43. The summed E-state index contributed by atoms with van der Waals surface area (Å²) >= 11 is 0. The van der Waals surface area contributed by atoms with E-state index in [0.717, 1.165) is 17.5 Å². The van der Waals surface area contributed by atoms with E-state index in [4.69, 9.17) is 4.99 Å². The molecule has 0 aromatic heterocycles. The van der Waals surface area contributed by atoms with Crippen LogP contribution in [0.5, 0.6) is 0 Å². The lowest BCUT2D eigenvalue weighted by Crippen LogP contribution is -2.22. The van der Waals surface area contributed by atoms with Gasteiger partial charge in [0.2, 0.25) is 0 Å². The predicted molar refractivity (Wildman–Crippen MR) is 68.0 cm³/mol. The lowest BCUT2D eigenvalue weighted by atomic mass is 9.90. The SMILES string of the molecule is C1=C2N=c3ccccc3=C2c2ccccc2C1. The molecule has 2 aromatic rings. The average Bonchev–Trinajstić information content (AvgIpc) is 2.77. The molecule has 1 heterocycles. The minimum Gasteiger partial charge on any atom is -0.248 e. The molecule has 0 atom stereocenters. The molecule has 0 N–H and O–H groups in total. The Bertz CT molecular complexity index is 766. The zero-order valence-electron chi connectivity index (χ0n) is 9.35. The van der Waals surface area contributed by atoms with Crippen LogP contribution in [0.1, 0.15) is 11.1 Å². The smallest absolute Gasteiger partial charge is 0.0716 e. The van der Waals surface area contributed by atoms with Gasteiger partial charge in [-0.25, -0.2) is 4.99 Å². The maximum Gasteiger partial charge on any atom is 0.0716 e. The summed E-state index contributed by atoms with van der Waals surface area (Å²) in [5.74, 6) is 0. The Morgan fingerprint density at radius 1 is 0.882 bits per heavy atom. The molecule has 0 unspecified atom stereocenters. The molecule has 2 aliphatic rings.